The summed E-state index contributed by atoms with van der Waals surface area (Å²) in [6.45, 7) is 0.981. The molecule has 1 aliphatic rings. The number of ether oxygens (including phenoxy) is 2. The average molecular weight is 283 g/mol. The minimum Gasteiger partial charge on any atom is -0.454 e. The fourth-order valence-corrected chi connectivity index (χ4v) is 2.78. The van der Waals surface area contributed by atoms with Crippen LogP contribution in [0.3, 0.4) is 0 Å². The van der Waals surface area contributed by atoms with Gasteiger partial charge in [-0.25, -0.2) is 0 Å². The van der Waals surface area contributed by atoms with Crippen molar-refractivity contribution in [2.75, 3.05) is 13.3 Å². The van der Waals surface area contributed by atoms with Crippen molar-refractivity contribution in [2.24, 2.45) is 5.73 Å². The molecule has 1 atom stereocenters. The predicted molar refractivity (Wildman–Crippen MR) is 83.7 cm³/mol. The number of aryl methyl sites for hydroxylation is 1. The van der Waals surface area contributed by atoms with Gasteiger partial charge in [0.2, 0.25) is 6.79 Å². The maximum Gasteiger partial charge on any atom is 0.231 e. The number of nitrogens with two attached hydrogens (primary N) is 1. The summed E-state index contributed by atoms with van der Waals surface area (Å²) in [5.74, 6) is 2.05. The molecule has 1 aliphatic heterocycles. The topological polar surface area (TPSA) is 44.5 Å². The van der Waals surface area contributed by atoms with Crippen LogP contribution in [0.15, 0.2) is 48.5 Å². The van der Waals surface area contributed by atoms with E-state index in [1.807, 2.05) is 6.07 Å². The zero-order valence-corrected chi connectivity index (χ0v) is 12.1. The van der Waals surface area contributed by atoms with E-state index in [9.17, 15) is 0 Å². The molecule has 0 fully saturated rings. The van der Waals surface area contributed by atoms with Gasteiger partial charge in [0.1, 0.15) is 0 Å². The van der Waals surface area contributed by atoms with Crippen LogP contribution in [0.5, 0.6) is 11.5 Å². The molecule has 0 amide bonds. The van der Waals surface area contributed by atoms with Gasteiger partial charge in [-0.3, -0.25) is 0 Å². The normalized spacial score (nSPS) is 14.1. The summed E-state index contributed by atoms with van der Waals surface area (Å²) in [6.07, 6.45) is 3.33. The average Bonchev–Trinajstić information content (AvgIpc) is 3.00. The molecule has 3 rings (SSSR count). The minimum absolute atomic E-state index is 0.320. The van der Waals surface area contributed by atoms with Crippen LogP contribution in [0, 0.1) is 0 Å². The van der Waals surface area contributed by atoms with Crippen LogP contribution < -0.4 is 15.2 Å². The van der Waals surface area contributed by atoms with Crippen molar-refractivity contribution in [3.8, 4) is 11.5 Å². The third kappa shape index (κ3) is 3.37. The zero-order valence-electron chi connectivity index (χ0n) is 12.1. The lowest BCUT2D eigenvalue weighted by Gasteiger charge is -2.15. The number of hydrogen-bond donors (Lipinski definition) is 1. The van der Waals surface area contributed by atoms with E-state index in [0.717, 1.165) is 30.8 Å². The molecule has 1 heterocycles. The highest BCUT2D eigenvalue weighted by Crippen LogP contribution is 2.35. The third-order valence-corrected chi connectivity index (χ3v) is 4.01. The van der Waals surface area contributed by atoms with Crippen molar-refractivity contribution in [3.05, 3.63) is 59.7 Å². The molecule has 0 saturated heterocycles. The Morgan fingerprint density at radius 1 is 1.00 bits per heavy atom. The van der Waals surface area contributed by atoms with Crippen molar-refractivity contribution < 1.29 is 9.47 Å². The van der Waals surface area contributed by atoms with Crippen LogP contribution in [-0.4, -0.2) is 13.3 Å². The van der Waals surface area contributed by atoms with E-state index in [2.05, 4.69) is 42.5 Å². The van der Waals surface area contributed by atoms with Gasteiger partial charge in [0.15, 0.2) is 11.5 Å². The summed E-state index contributed by atoms with van der Waals surface area (Å²) in [7, 11) is 0. The molecule has 0 aromatic heterocycles. The Balaban J connectivity index is 1.60. The smallest absolute Gasteiger partial charge is 0.231 e. The van der Waals surface area contributed by atoms with E-state index >= 15 is 0 Å². The standard InChI is InChI=1S/C18H21NO2/c19-12-16(8-4-7-14-5-2-1-3-6-14)15-9-10-17-18(11-15)21-13-20-17/h1-3,5-6,9-11,16H,4,7-8,12-13,19H2. The molecular weight excluding hydrogens is 262 g/mol. The first-order chi connectivity index (χ1) is 10.4. The molecule has 3 heteroatoms. The molecule has 0 bridgehead atoms. The van der Waals surface area contributed by atoms with Gasteiger partial charge >= 0.3 is 0 Å². The van der Waals surface area contributed by atoms with Gasteiger partial charge in [-0.15, -0.1) is 0 Å². The van der Waals surface area contributed by atoms with E-state index in [-0.39, 0.29) is 0 Å². The Hall–Kier alpha value is -2.00. The molecule has 0 aliphatic carbocycles. The monoisotopic (exact) mass is 283 g/mol. The Morgan fingerprint density at radius 2 is 1.81 bits per heavy atom. The van der Waals surface area contributed by atoms with Gasteiger partial charge in [0.05, 0.1) is 0 Å². The molecule has 1 unspecified atom stereocenters. The second kappa shape index (κ2) is 6.64. The van der Waals surface area contributed by atoms with E-state index in [0.29, 0.717) is 19.3 Å². The highest BCUT2D eigenvalue weighted by molar-refractivity contribution is 5.45. The molecule has 2 aromatic carbocycles. The second-order valence-corrected chi connectivity index (χ2v) is 5.42. The lowest BCUT2D eigenvalue weighted by atomic mass is 9.92. The molecule has 3 nitrogen and oxygen atoms in total. The molecule has 110 valence electrons. The Labute approximate surface area is 125 Å². The highest BCUT2D eigenvalue weighted by Gasteiger charge is 2.17. The maximum atomic E-state index is 5.96. The van der Waals surface area contributed by atoms with Crippen molar-refractivity contribution in [3.63, 3.8) is 0 Å². The van der Waals surface area contributed by atoms with Crippen LogP contribution in [0.2, 0.25) is 0 Å². The first-order valence-electron chi connectivity index (χ1n) is 7.50. The van der Waals surface area contributed by atoms with Gasteiger partial charge in [-0.2, -0.15) is 0 Å². The van der Waals surface area contributed by atoms with Crippen molar-refractivity contribution in [1.29, 1.82) is 0 Å². The SMILES string of the molecule is NCC(CCCc1ccccc1)c1ccc2c(c1)OCO2. The van der Waals surface area contributed by atoms with E-state index in [1.54, 1.807) is 0 Å². The fraction of sp³-hybridized carbons (Fsp3) is 0.333. The molecule has 0 spiro atoms. The summed E-state index contributed by atoms with van der Waals surface area (Å²) in [6, 6.07) is 16.8. The van der Waals surface area contributed by atoms with Gasteiger partial charge in [0.25, 0.3) is 0 Å². The van der Waals surface area contributed by atoms with Crippen LogP contribution >= 0.6 is 0 Å². The van der Waals surface area contributed by atoms with Crippen molar-refractivity contribution >= 4 is 0 Å². The molecule has 2 aromatic rings. The quantitative estimate of drug-likeness (QED) is 0.882. The van der Waals surface area contributed by atoms with Gasteiger partial charge in [-0.05, 0) is 55.0 Å². The van der Waals surface area contributed by atoms with Gasteiger partial charge in [-0.1, -0.05) is 36.4 Å². The Kier molecular flexibility index (Phi) is 4.41. The van der Waals surface area contributed by atoms with Gasteiger partial charge in [0, 0.05) is 0 Å². The van der Waals surface area contributed by atoms with Crippen LogP contribution in [0.1, 0.15) is 29.9 Å². The lowest BCUT2D eigenvalue weighted by molar-refractivity contribution is 0.174. The summed E-state index contributed by atoms with van der Waals surface area (Å²) >= 11 is 0. The van der Waals surface area contributed by atoms with Crippen molar-refractivity contribution in [2.45, 2.75) is 25.2 Å². The van der Waals surface area contributed by atoms with Crippen molar-refractivity contribution in [1.82, 2.24) is 0 Å². The summed E-state index contributed by atoms with van der Waals surface area (Å²) < 4.78 is 10.8. The molecular formula is C18H21NO2. The van der Waals surface area contributed by atoms with Crippen LogP contribution in [-0.2, 0) is 6.42 Å². The number of benzene rings is 2. The van der Waals surface area contributed by atoms with E-state index in [1.165, 1.54) is 11.1 Å². The predicted octanol–water partition coefficient (Wildman–Crippen LogP) is 3.48. The molecule has 2 N–H and O–H groups in total. The fourth-order valence-electron chi connectivity index (χ4n) is 2.78. The lowest BCUT2D eigenvalue weighted by Crippen LogP contribution is -2.12. The summed E-state index contributed by atoms with van der Waals surface area (Å²) in [5, 5.41) is 0. The summed E-state index contributed by atoms with van der Waals surface area (Å²) in [4.78, 5) is 0. The number of fused-ring (bicyclic) bond motifs is 1. The Bertz CT molecular complexity index is 583. The van der Waals surface area contributed by atoms with E-state index < -0.39 is 0 Å². The number of hydrogen-bond acceptors (Lipinski definition) is 3. The summed E-state index contributed by atoms with van der Waals surface area (Å²) in [5.41, 5.74) is 8.59. The zero-order chi connectivity index (χ0) is 14.5. The molecule has 21 heavy (non-hydrogen) atoms. The first kappa shape index (κ1) is 14.0. The largest absolute Gasteiger partial charge is 0.454 e. The molecule has 0 radical (unpaired) electrons. The highest BCUT2D eigenvalue weighted by atomic mass is 16.7. The Morgan fingerprint density at radius 3 is 2.62 bits per heavy atom. The first-order valence-corrected chi connectivity index (χ1v) is 7.50. The van der Waals surface area contributed by atoms with Crippen LogP contribution in [0.25, 0.3) is 0 Å². The molecule has 0 saturated carbocycles. The van der Waals surface area contributed by atoms with Crippen LogP contribution in [0.4, 0.5) is 0 Å². The number of rotatable bonds is 6. The second-order valence-electron chi connectivity index (χ2n) is 5.42. The minimum atomic E-state index is 0.320. The van der Waals surface area contributed by atoms with E-state index in [4.69, 9.17) is 15.2 Å². The van der Waals surface area contributed by atoms with Gasteiger partial charge < -0.3 is 15.2 Å². The maximum absolute atomic E-state index is 5.96. The third-order valence-electron chi connectivity index (χ3n) is 4.01.